The van der Waals surface area contributed by atoms with E-state index in [0.717, 1.165) is 5.13 Å². The normalized spacial score (nSPS) is 10.5. The molecule has 0 saturated carbocycles. The van der Waals surface area contributed by atoms with Crippen LogP contribution < -0.4 is 10.6 Å². The molecule has 1 aromatic heterocycles. The molecule has 0 aromatic carbocycles. The Hall–Kier alpha value is -0.840. The molecule has 4 nitrogen and oxygen atoms in total. The Morgan fingerprint density at radius 3 is 2.55 bits per heavy atom. The molecule has 0 aliphatic rings. The molecule has 1 rings (SSSR count). The molecule has 2 N–H and O–H groups in total. The van der Waals surface area contributed by atoms with E-state index in [1.54, 1.807) is 0 Å². The van der Waals surface area contributed by atoms with Gasteiger partial charge in [-0.3, -0.25) is 0 Å². The van der Waals surface area contributed by atoms with E-state index in [1.165, 1.54) is 11.5 Å². The predicted molar refractivity (Wildman–Crippen MR) is 47.9 cm³/mol. The van der Waals surface area contributed by atoms with Crippen LogP contribution >= 0.6 is 11.5 Å². The molecule has 0 unspecified atom stereocenters. The van der Waals surface area contributed by atoms with E-state index in [9.17, 15) is 0 Å². The standard InChI is InChI=1S/C6H12N4S/c1-4(2)10(3)6-8-5(7)9-11-6/h4H,1-3H3,(H2,7,9). The van der Waals surface area contributed by atoms with Gasteiger partial charge in [-0.25, -0.2) is 0 Å². The second-order valence-corrected chi connectivity index (χ2v) is 3.37. The molecule has 0 fully saturated rings. The highest BCUT2D eigenvalue weighted by Crippen LogP contribution is 2.17. The summed E-state index contributed by atoms with van der Waals surface area (Å²) in [4.78, 5) is 6.08. The van der Waals surface area contributed by atoms with Crippen molar-refractivity contribution in [1.82, 2.24) is 9.36 Å². The third-order valence-corrected chi connectivity index (χ3v) is 2.33. The van der Waals surface area contributed by atoms with Gasteiger partial charge in [-0.1, -0.05) is 0 Å². The van der Waals surface area contributed by atoms with Crippen molar-refractivity contribution in [2.24, 2.45) is 0 Å². The maximum atomic E-state index is 5.38. The molecule has 5 heteroatoms. The second kappa shape index (κ2) is 3.04. The Morgan fingerprint density at radius 1 is 1.55 bits per heavy atom. The summed E-state index contributed by atoms with van der Waals surface area (Å²) >= 11 is 1.33. The van der Waals surface area contributed by atoms with Crippen molar-refractivity contribution >= 4 is 22.6 Å². The third kappa shape index (κ3) is 1.80. The van der Waals surface area contributed by atoms with E-state index in [0.29, 0.717) is 12.0 Å². The zero-order valence-electron chi connectivity index (χ0n) is 6.90. The minimum atomic E-state index is 0.359. The summed E-state index contributed by atoms with van der Waals surface area (Å²) in [5.74, 6) is 0.359. The minimum Gasteiger partial charge on any atom is -0.367 e. The van der Waals surface area contributed by atoms with Gasteiger partial charge < -0.3 is 10.6 Å². The first-order chi connectivity index (χ1) is 5.11. The van der Waals surface area contributed by atoms with Crippen LogP contribution in [0.1, 0.15) is 13.8 Å². The zero-order valence-corrected chi connectivity index (χ0v) is 7.72. The Bertz CT molecular complexity index is 232. The quantitative estimate of drug-likeness (QED) is 0.722. The first kappa shape index (κ1) is 8.26. The highest BCUT2D eigenvalue weighted by Gasteiger charge is 2.08. The van der Waals surface area contributed by atoms with Crippen molar-refractivity contribution in [3.05, 3.63) is 0 Å². The fraction of sp³-hybridized carbons (Fsp3) is 0.667. The van der Waals surface area contributed by atoms with Gasteiger partial charge in [-0.2, -0.15) is 9.36 Å². The van der Waals surface area contributed by atoms with Crippen molar-refractivity contribution in [1.29, 1.82) is 0 Å². The molecule has 0 bridgehead atoms. The van der Waals surface area contributed by atoms with Gasteiger partial charge in [0.1, 0.15) is 0 Å². The van der Waals surface area contributed by atoms with Crippen LogP contribution in [0.25, 0.3) is 0 Å². The van der Waals surface area contributed by atoms with E-state index < -0.39 is 0 Å². The minimum absolute atomic E-state index is 0.359. The fourth-order valence-corrected chi connectivity index (χ4v) is 1.28. The van der Waals surface area contributed by atoms with E-state index in [4.69, 9.17) is 5.73 Å². The number of aromatic nitrogens is 2. The molecule has 0 radical (unpaired) electrons. The lowest BCUT2D eigenvalue weighted by atomic mass is 10.4. The van der Waals surface area contributed by atoms with Crippen LogP contribution in [0.15, 0.2) is 0 Å². The van der Waals surface area contributed by atoms with Crippen LogP contribution in [0, 0.1) is 0 Å². The Balaban J connectivity index is 2.76. The van der Waals surface area contributed by atoms with Crippen molar-refractivity contribution in [2.45, 2.75) is 19.9 Å². The largest absolute Gasteiger partial charge is 0.367 e. The van der Waals surface area contributed by atoms with Crippen LogP contribution in [0.2, 0.25) is 0 Å². The molecule has 1 aromatic rings. The summed E-state index contributed by atoms with van der Waals surface area (Å²) in [6.07, 6.45) is 0. The molecule has 0 aliphatic carbocycles. The molecule has 11 heavy (non-hydrogen) atoms. The highest BCUT2D eigenvalue weighted by atomic mass is 32.1. The van der Waals surface area contributed by atoms with Gasteiger partial charge in [0.2, 0.25) is 11.1 Å². The molecular weight excluding hydrogens is 160 g/mol. The van der Waals surface area contributed by atoms with Gasteiger partial charge in [0.05, 0.1) is 0 Å². The molecule has 0 atom stereocenters. The number of hydrogen-bond donors (Lipinski definition) is 1. The molecule has 0 aliphatic heterocycles. The highest BCUT2D eigenvalue weighted by molar-refractivity contribution is 7.09. The van der Waals surface area contributed by atoms with Crippen molar-refractivity contribution in [3.63, 3.8) is 0 Å². The fourth-order valence-electron chi connectivity index (χ4n) is 0.591. The molecule has 0 saturated heterocycles. The van der Waals surface area contributed by atoms with Crippen molar-refractivity contribution in [3.8, 4) is 0 Å². The van der Waals surface area contributed by atoms with E-state index >= 15 is 0 Å². The Morgan fingerprint density at radius 2 is 2.18 bits per heavy atom. The van der Waals surface area contributed by atoms with Gasteiger partial charge in [0.15, 0.2) is 0 Å². The van der Waals surface area contributed by atoms with Crippen LogP contribution in [0.5, 0.6) is 0 Å². The Kier molecular flexibility index (Phi) is 2.28. The third-order valence-electron chi connectivity index (χ3n) is 1.51. The van der Waals surface area contributed by atoms with Crippen molar-refractivity contribution < 1.29 is 0 Å². The van der Waals surface area contributed by atoms with Gasteiger partial charge in [-0.15, -0.1) is 0 Å². The first-order valence-corrected chi connectivity index (χ1v) is 4.20. The van der Waals surface area contributed by atoms with Crippen LogP contribution in [0.4, 0.5) is 11.1 Å². The SMILES string of the molecule is CC(C)N(C)c1nc(N)ns1. The lowest BCUT2D eigenvalue weighted by Gasteiger charge is -2.18. The number of rotatable bonds is 2. The maximum absolute atomic E-state index is 5.38. The summed E-state index contributed by atoms with van der Waals surface area (Å²) in [6.45, 7) is 4.19. The van der Waals surface area contributed by atoms with E-state index in [1.807, 2.05) is 11.9 Å². The van der Waals surface area contributed by atoms with Crippen LogP contribution in [-0.2, 0) is 0 Å². The average Bonchev–Trinajstić information content (AvgIpc) is 2.34. The summed E-state index contributed by atoms with van der Waals surface area (Å²) in [5, 5.41) is 0.873. The lowest BCUT2D eigenvalue weighted by molar-refractivity contribution is 0.752. The average molecular weight is 172 g/mol. The molecular formula is C6H12N4S. The van der Waals surface area contributed by atoms with E-state index in [-0.39, 0.29) is 0 Å². The predicted octanol–water partition coefficient (Wildman–Crippen LogP) is 0.965. The summed E-state index contributed by atoms with van der Waals surface area (Å²) in [6, 6.07) is 0.433. The first-order valence-electron chi connectivity index (χ1n) is 3.43. The topological polar surface area (TPSA) is 55.0 Å². The maximum Gasteiger partial charge on any atom is 0.233 e. The number of hydrogen-bond acceptors (Lipinski definition) is 5. The molecule has 1 heterocycles. The van der Waals surface area contributed by atoms with E-state index in [2.05, 4.69) is 23.2 Å². The summed E-state index contributed by atoms with van der Waals surface area (Å²) in [7, 11) is 1.98. The van der Waals surface area contributed by atoms with Crippen LogP contribution in [0.3, 0.4) is 0 Å². The van der Waals surface area contributed by atoms with Crippen LogP contribution in [-0.4, -0.2) is 22.4 Å². The monoisotopic (exact) mass is 172 g/mol. The Labute approximate surface area is 70.2 Å². The van der Waals surface area contributed by atoms with Gasteiger partial charge >= 0.3 is 0 Å². The summed E-state index contributed by atoms with van der Waals surface area (Å²) in [5.41, 5.74) is 5.38. The number of nitrogens with zero attached hydrogens (tertiary/aromatic N) is 3. The smallest absolute Gasteiger partial charge is 0.233 e. The zero-order chi connectivity index (χ0) is 8.43. The lowest BCUT2D eigenvalue weighted by Crippen LogP contribution is -2.25. The summed E-state index contributed by atoms with van der Waals surface area (Å²) < 4.78 is 3.89. The molecule has 62 valence electrons. The number of nitrogens with two attached hydrogens (primary N) is 1. The molecule has 0 spiro atoms. The number of nitrogen functional groups attached to an aromatic ring is 1. The molecule has 0 amide bonds. The van der Waals surface area contributed by atoms with Gasteiger partial charge in [0.25, 0.3) is 0 Å². The second-order valence-electron chi connectivity index (χ2n) is 2.64. The van der Waals surface area contributed by atoms with Crippen molar-refractivity contribution in [2.75, 3.05) is 17.7 Å². The number of anilines is 2. The van der Waals surface area contributed by atoms with Gasteiger partial charge in [0, 0.05) is 24.6 Å². The van der Waals surface area contributed by atoms with Gasteiger partial charge in [-0.05, 0) is 13.8 Å².